The summed E-state index contributed by atoms with van der Waals surface area (Å²) in [5, 5.41) is 3.26. The van der Waals surface area contributed by atoms with Gasteiger partial charge in [-0.3, -0.25) is 0 Å². The molecule has 3 nitrogen and oxygen atoms in total. The smallest absolute Gasteiger partial charge is 0.189 e. The van der Waals surface area contributed by atoms with Crippen LogP contribution < -0.4 is 0 Å². The van der Waals surface area contributed by atoms with E-state index in [1.807, 2.05) is 6.26 Å². The predicted octanol–water partition coefficient (Wildman–Crippen LogP) is 5.37. The summed E-state index contributed by atoms with van der Waals surface area (Å²) in [5.74, 6) is 0.638. The van der Waals surface area contributed by atoms with Crippen molar-refractivity contribution in [2.24, 2.45) is 5.92 Å². The van der Waals surface area contributed by atoms with Crippen molar-refractivity contribution in [2.75, 3.05) is 12.5 Å². The maximum atomic E-state index is 5.09. The van der Waals surface area contributed by atoms with Gasteiger partial charge in [-0.05, 0) is 55.2 Å². The van der Waals surface area contributed by atoms with Crippen LogP contribution in [0.25, 0.3) is 20.4 Å². The zero-order valence-corrected chi connectivity index (χ0v) is 16.9. The molecule has 1 aliphatic rings. The monoisotopic (exact) mass is 375 g/mol. The fourth-order valence-electron chi connectivity index (χ4n) is 3.58. The van der Waals surface area contributed by atoms with Crippen molar-refractivity contribution in [3.63, 3.8) is 0 Å². The van der Waals surface area contributed by atoms with Gasteiger partial charge in [0.05, 0.1) is 10.2 Å². The van der Waals surface area contributed by atoms with E-state index in [0.29, 0.717) is 5.92 Å². The Bertz CT molecular complexity index is 931. The third kappa shape index (κ3) is 2.63. The SMILES string of the molecule is CSc1nc(SC)c2sc3nc(CC(C)C)c4c(c3c2n1)CCC4. The molecule has 0 aliphatic heterocycles. The predicted molar refractivity (Wildman–Crippen MR) is 107 cm³/mol. The molecule has 4 rings (SSSR count). The molecule has 126 valence electrons. The molecule has 24 heavy (non-hydrogen) atoms. The van der Waals surface area contributed by atoms with E-state index in [0.717, 1.165) is 27.0 Å². The molecule has 0 fully saturated rings. The molecule has 6 heteroatoms. The van der Waals surface area contributed by atoms with Crippen LogP contribution in [0.15, 0.2) is 10.2 Å². The molecule has 0 radical (unpaired) electrons. The molecule has 3 aromatic rings. The van der Waals surface area contributed by atoms with Gasteiger partial charge in [0, 0.05) is 11.1 Å². The summed E-state index contributed by atoms with van der Waals surface area (Å²) in [4.78, 5) is 15.8. The van der Waals surface area contributed by atoms with Crippen LogP contribution in [-0.4, -0.2) is 27.5 Å². The number of aromatic nitrogens is 3. The van der Waals surface area contributed by atoms with Crippen molar-refractivity contribution in [2.45, 2.75) is 49.7 Å². The van der Waals surface area contributed by atoms with E-state index in [9.17, 15) is 0 Å². The van der Waals surface area contributed by atoms with Crippen molar-refractivity contribution < 1.29 is 0 Å². The zero-order valence-electron chi connectivity index (χ0n) is 14.5. The highest BCUT2D eigenvalue weighted by molar-refractivity contribution is 7.99. The van der Waals surface area contributed by atoms with E-state index in [4.69, 9.17) is 15.0 Å². The summed E-state index contributed by atoms with van der Waals surface area (Å²) in [6.07, 6.45) is 8.80. The van der Waals surface area contributed by atoms with Gasteiger partial charge in [-0.1, -0.05) is 25.6 Å². The highest BCUT2D eigenvalue weighted by Crippen LogP contribution is 2.42. The van der Waals surface area contributed by atoms with E-state index >= 15 is 0 Å². The number of nitrogens with zero attached hydrogens (tertiary/aromatic N) is 3. The number of hydrogen-bond donors (Lipinski definition) is 0. The average Bonchev–Trinajstić information content (AvgIpc) is 3.17. The van der Waals surface area contributed by atoms with Crippen LogP contribution in [0.5, 0.6) is 0 Å². The van der Waals surface area contributed by atoms with E-state index < -0.39 is 0 Å². The quantitative estimate of drug-likeness (QED) is 0.348. The van der Waals surface area contributed by atoms with Crippen molar-refractivity contribution in [1.29, 1.82) is 0 Å². The fourth-order valence-corrected chi connectivity index (χ4v) is 5.89. The van der Waals surface area contributed by atoms with Crippen LogP contribution in [0.2, 0.25) is 0 Å². The number of rotatable bonds is 4. The lowest BCUT2D eigenvalue weighted by molar-refractivity contribution is 0.632. The van der Waals surface area contributed by atoms with Gasteiger partial charge >= 0.3 is 0 Å². The Balaban J connectivity index is 2.07. The van der Waals surface area contributed by atoms with Crippen LogP contribution in [0.1, 0.15) is 37.1 Å². The number of fused-ring (bicyclic) bond motifs is 5. The second kappa shape index (κ2) is 6.46. The van der Waals surface area contributed by atoms with Crippen LogP contribution >= 0.6 is 34.9 Å². The summed E-state index contributed by atoms with van der Waals surface area (Å²) < 4.78 is 1.21. The summed E-state index contributed by atoms with van der Waals surface area (Å²) >= 11 is 5.10. The molecule has 0 saturated heterocycles. The van der Waals surface area contributed by atoms with E-state index in [1.165, 1.54) is 46.2 Å². The second-order valence-electron chi connectivity index (χ2n) is 6.65. The molecule has 0 bridgehead atoms. The largest absolute Gasteiger partial charge is 0.242 e. The third-order valence-electron chi connectivity index (χ3n) is 4.55. The Kier molecular flexibility index (Phi) is 4.47. The fraction of sp³-hybridized carbons (Fsp3) is 0.500. The van der Waals surface area contributed by atoms with Crippen LogP contribution in [-0.2, 0) is 19.3 Å². The first-order valence-corrected chi connectivity index (χ1v) is 11.6. The van der Waals surface area contributed by atoms with Gasteiger partial charge in [0.1, 0.15) is 9.86 Å². The molecule has 0 N–H and O–H groups in total. The van der Waals surface area contributed by atoms with Gasteiger partial charge in [-0.2, -0.15) is 0 Å². The third-order valence-corrected chi connectivity index (χ3v) is 6.98. The topological polar surface area (TPSA) is 38.7 Å². The Labute approximate surface area is 155 Å². The summed E-state index contributed by atoms with van der Waals surface area (Å²) in [5.41, 5.74) is 5.46. The number of thioether (sulfide) groups is 2. The van der Waals surface area contributed by atoms with Gasteiger partial charge in [0.25, 0.3) is 0 Å². The molecule has 1 aliphatic carbocycles. The van der Waals surface area contributed by atoms with Gasteiger partial charge in [0.2, 0.25) is 0 Å². The average molecular weight is 376 g/mol. The van der Waals surface area contributed by atoms with E-state index in [1.54, 1.807) is 34.9 Å². The minimum absolute atomic E-state index is 0.638. The molecular weight excluding hydrogens is 354 g/mol. The molecule has 3 heterocycles. The maximum Gasteiger partial charge on any atom is 0.189 e. The lowest BCUT2D eigenvalue weighted by atomic mass is 9.99. The molecular formula is C18H21N3S3. The van der Waals surface area contributed by atoms with Crippen LogP contribution in [0.4, 0.5) is 0 Å². The van der Waals surface area contributed by atoms with Gasteiger partial charge in [-0.15, -0.1) is 23.1 Å². The number of pyridine rings is 1. The summed E-state index contributed by atoms with van der Waals surface area (Å²) in [7, 11) is 0. The molecule has 3 aromatic heterocycles. The minimum atomic E-state index is 0.638. The normalized spacial score (nSPS) is 14.2. The first kappa shape index (κ1) is 16.6. The first-order chi connectivity index (χ1) is 11.6. The maximum absolute atomic E-state index is 5.09. The number of hydrogen-bond acceptors (Lipinski definition) is 6. The van der Waals surface area contributed by atoms with Crippen LogP contribution in [0, 0.1) is 5.92 Å². The molecule has 0 amide bonds. The Morgan fingerprint density at radius 2 is 1.83 bits per heavy atom. The zero-order chi connectivity index (χ0) is 16.8. The standard InChI is InChI=1S/C18H21N3S3/c1-9(2)8-12-10-6-5-7-11(10)13-14-15(24-16(13)19-12)17(22-3)21-18(20-14)23-4/h9H,5-8H2,1-4H3. The molecule has 0 saturated carbocycles. The molecule has 0 aromatic carbocycles. The molecule has 0 atom stereocenters. The lowest BCUT2D eigenvalue weighted by Crippen LogP contribution is -2.03. The van der Waals surface area contributed by atoms with E-state index in [-0.39, 0.29) is 0 Å². The Hall–Kier alpha value is -0.850. The van der Waals surface area contributed by atoms with Crippen molar-refractivity contribution in [3.8, 4) is 0 Å². The highest BCUT2D eigenvalue weighted by atomic mass is 32.2. The Morgan fingerprint density at radius 3 is 2.54 bits per heavy atom. The van der Waals surface area contributed by atoms with Crippen molar-refractivity contribution in [3.05, 3.63) is 16.8 Å². The van der Waals surface area contributed by atoms with Gasteiger partial charge in [0.15, 0.2) is 5.16 Å². The van der Waals surface area contributed by atoms with Crippen molar-refractivity contribution >= 4 is 55.3 Å². The number of thiophene rings is 1. The lowest BCUT2D eigenvalue weighted by Gasteiger charge is -2.11. The van der Waals surface area contributed by atoms with Crippen molar-refractivity contribution in [1.82, 2.24) is 15.0 Å². The second-order valence-corrected chi connectivity index (χ2v) is 9.21. The van der Waals surface area contributed by atoms with Crippen LogP contribution in [0.3, 0.4) is 0 Å². The summed E-state index contributed by atoms with van der Waals surface area (Å²) in [6.45, 7) is 4.56. The highest BCUT2D eigenvalue weighted by Gasteiger charge is 2.25. The van der Waals surface area contributed by atoms with E-state index in [2.05, 4.69) is 20.1 Å². The Morgan fingerprint density at radius 1 is 1.04 bits per heavy atom. The summed E-state index contributed by atoms with van der Waals surface area (Å²) in [6, 6.07) is 0. The minimum Gasteiger partial charge on any atom is -0.242 e. The molecule has 0 spiro atoms. The number of aryl methyl sites for hydroxylation is 1. The molecule has 0 unspecified atom stereocenters. The first-order valence-electron chi connectivity index (χ1n) is 8.35. The van der Waals surface area contributed by atoms with Gasteiger partial charge in [-0.25, -0.2) is 15.0 Å². The van der Waals surface area contributed by atoms with Gasteiger partial charge < -0.3 is 0 Å².